The summed E-state index contributed by atoms with van der Waals surface area (Å²) in [6.07, 6.45) is 2.18. The third kappa shape index (κ3) is 2.54. The number of carbonyl (C=O) groups is 2. The molecule has 0 saturated carbocycles. The second-order valence-electron chi connectivity index (χ2n) is 4.92. The SMILES string of the molecule is Cc1[nH]cc(NC(=O)C2Cc3ccccc3S2)c1C(=O)O. The van der Waals surface area contributed by atoms with Crippen molar-refractivity contribution in [2.45, 2.75) is 23.5 Å². The van der Waals surface area contributed by atoms with Crippen molar-refractivity contribution < 1.29 is 14.7 Å². The first-order chi connectivity index (χ1) is 10.1. The number of carboxylic acids is 1. The lowest BCUT2D eigenvalue weighted by Crippen LogP contribution is -2.25. The standard InChI is InChI=1S/C15H14N2O3S/c1-8-13(15(19)20)10(7-16-8)17-14(18)12-6-9-4-2-3-5-11(9)21-12/h2-5,7,12,16H,6H2,1H3,(H,17,18)(H,19,20). The highest BCUT2D eigenvalue weighted by Gasteiger charge is 2.29. The van der Waals surface area contributed by atoms with E-state index in [0.29, 0.717) is 17.8 Å². The number of carbonyl (C=O) groups excluding carboxylic acids is 1. The molecule has 1 atom stereocenters. The van der Waals surface area contributed by atoms with Crippen molar-refractivity contribution in [2.75, 3.05) is 5.32 Å². The number of carboxylic acid groups (broad SMARTS) is 1. The molecule has 1 aliphatic rings. The number of aromatic carboxylic acids is 1. The van der Waals surface area contributed by atoms with Crippen LogP contribution in [0.15, 0.2) is 35.4 Å². The van der Waals surface area contributed by atoms with E-state index in [4.69, 9.17) is 0 Å². The number of hydrogen-bond acceptors (Lipinski definition) is 3. The second-order valence-corrected chi connectivity index (χ2v) is 6.16. The Morgan fingerprint density at radius 2 is 2.14 bits per heavy atom. The van der Waals surface area contributed by atoms with Crippen LogP contribution in [0.5, 0.6) is 0 Å². The second kappa shape index (κ2) is 5.29. The average molecular weight is 302 g/mol. The van der Waals surface area contributed by atoms with E-state index >= 15 is 0 Å². The number of nitrogens with one attached hydrogen (secondary N) is 2. The number of amides is 1. The van der Waals surface area contributed by atoms with Gasteiger partial charge in [0.25, 0.3) is 0 Å². The van der Waals surface area contributed by atoms with Gasteiger partial charge < -0.3 is 15.4 Å². The number of anilines is 1. The Balaban J connectivity index is 1.76. The Kier molecular flexibility index (Phi) is 3.47. The molecule has 21 heavy (non-hydrogen) atoms. The molecule has 0 aliphatic carbocycles. The summed E-state index contributed by atoms with van der Waals surface area (Å²) in [5, 5.41) is 11.7. The van der Waals surface area contributed by atoms with E-state index in [2.05, 4.69) is 10.3 Å². The van der Waals surface area contributed by atoms with E-state index in [-0.39, 0.29) is 16.7 Å². The smallest absolute Gasteiger partial charge is 0.339 e. The molecule has 2 aromatic rings. The monoisotopic (exact) mass is 302 g/mol. The van der Waals surface area contributed by atoms with Gasteiger partial charge in [0.2, 0.25) is 5.91 Å². The molecule has 0 fully saturated rings. The first-order valence-corrected chi connectivity index (χ1v) is 7.41. The molecule has 0 bridgehead atoms. The van der Waals surface area contributed by atoms with Gasteiger partial charge in [0.1, 0.15) is 5.56 Å². The lowest BCUT2D eigenvalue weighted by Gasteiger charge is -2.09. The van der Waals surface area contributed by atoms with Crippen LogP contribution in [-0.4, -0.2) is 27.2 Å². The van der Waals surface area contributed by atoms with Gasteiger partial charge in [-0.2, -0.15) is 0 Å². The molecule has 3 N–H and O–H groups in total. The third-order valence-electron chi connectivity index (χ3n) is 3.49. The third-order valence-corrected chi connectivity index (χ3v) is 4.81. The van der Waals surface area contributed by atoms with Crippen LogP contribution in [0.1, 0.15) is 21.6 Å². The number of hydrogen-bond donors (Lipinski definition) is 3. The van der Waals surface area contributed by atoms with Crippen LogP contribution in [0.25, 0.3) is 0 Å². The predicted molar refractivity (Wildman–Crippen MR) is 80.9 cm³/mol. The minimum atomic E-state index is -1.05. The van der Waals surface area contributed by atoms with Crippen molar-refractivity contribution in [1.82, 2.24) is 4.98 Å². The van der Waals surface area contributed by atoms with E-state index in [9.17, 15) is 14.7 Å². The molecule has 0 radical (unpaired) electrons. The van der Waals surface area contributed by atoms with Crippen molar-refractivity contribution >= 4 is 29.3 Å². The molecule has 1 aromatic carbocycles. The van der Waals surface area contributed by atoms with E-state index < -0.39 is 5.97 Å². The van der Waals surface area contributed by atoms with Crippen molar-refractivity contribution in [2.24, 2.45) is 0 Å². The summed E-state index contributed by atoms with van der Waals surface area (Å²) in [5.74, 6) is -1.22. The van der Waals surface area contributed by atoms with Crippen LogP contribution in [0.2, 0.25) is 0 Å². The van der Waals surface area contributed by atoms with E-state index in [0.717, 1.165) is 10.5 Å². The molecular weight excluding hydrogens is 288 g/mol. The van der Waals surface area contributed by atoms with Crippen LogP contribution in [0.3, 0.4) is 0 Å². The normalized spacial score (nSPS) is 16.5. The van der Waals surface area contributed by atoms with Crippen LogP contribution in [-0.2, 0) is 11.2 Å². The Bertz CT molecular complexity index is 698. The Morgan fingerprint density at radius 1 is 1.38 bits per heavy atom. The fourth-order valence-electron chi connectivity index (χ4n) is 2.44. The maximum atomic E-state index is 12.3. The number of aromatic nitrogens is 1. The van der Waals surface area contributed by atoms with Crippen LogP contribution < -0.4 is 5.32 Å². The highest BCUT2D eigenvalue weighted by atomic mass is 32.2. The predicted octanol–water partition coefficient (Wildman–Crippen LogP) is 2.68. The van der Waals surface area contributed by atoms with Gasteiger partial charge in [-0.1, -0.05) is 18.2 Å². The number of benzene rings is 1. The molecule has 1 aromatic heterocycles. The van der Waals surface area contributed by atoms with Crippen molar-refractivity contribution in [3.05, 3.63) is 47.3 Å². The molecule has 2 heterocycles. The number of rotatable bonds is 3. The Labute approximate surface area is 125 Å². The average Bonchev–Trinajstić information content (AvgIpc) is 3.02. The van der Waals surface area contributed by atoms with Crippen molar-refractivity contribution in [1.29, 1.82) is 0 Å². The molecule has 5 nitrogen and oxygen atoms in total. The number of thioether (sulfide) groups is 1. The molecular formula is C15H14N2O3S. The number of H-pyrrole nitrogens is 1. The van der Waals surface area contributed by atoms with E-state index in [1.165, 1.54) is 18.0 Å². The van der Waals surface area contributed by atoms with Gasteiger partial charge >= 0.3 is 5.97 Å². The summed E-state index contributed by atoms with van der Waals surface area (Å²) in [6.45, 7) is 1.67. The fraction of sp³-hybridized carbons (Fsp3) is 0.200. The van der Waals surface area contributed by atoms with E-state index in [1.54, 1.807) is 6.92 Å². The van der Waals surface area contributed by atoms with Gasteiger partial charge in [-0.15, -0.1) is 11.8 Å². The molecule has 1 amide bonds. The Hall–Kier alpha value is -2.21. The van der Waals surface area contributed by atoms with Gasteiger partial charge in [-0.05, 0) is 25.0 Å². The van der Waals surface area contributed by atoms with Gasteiger partial charge in [-0.25, -0.2) is 4.79 Å². The van der Waals surface area contributed by atoms with Crippen LogP contribution in [0, 0.1) is 6.92 Å². The van der Waals surface area contributed by atoms with E-state index in [1.807, 2.05) is 24.3 Å². The van der Waals surface area contributed by atoms with Gasteiger partial charge in [-0.3, -0.25) is 4.79 Å². The molecule has 6 heteroatoms. The first-order valence-electron chi connectivity index (χ1n) is 6.53. The molecule has 3 rings (SSSR count). The van der Waals surface area contributed by atoms with Gasteiger partial charge in [0.05, 0.1) is 10.9 Å². The van der Waals surface area contributed by atoms with Crippen LogP contribution >= 0.6 is 11.8 Å². The molecule has 108 valence electrons. The molecule has 1 aliphatic heterocycles. The zero-order valence-electron chi connectivity index (χ0n) is 11.3. The number of aryl methyl sites for hydroxylation is 1. The summed E-state index contributed by atoms with van der Waals surface area (Å²) < 4.78 is 0. The minimum absolute atomic E-state index is 0.115. The molecule has 1 unspecified atom stereocenters. The summed E-state index contributed by atoms with van der Waals surface area (Å²) in [5.41, 5.74) is 2.12. The highest BCUT2D eigenvalue weighted by Crippen LogP contribution is 2.37. The maximum Gasteiger partial charge on any atom is 0.339 e. The van der Waals surface area contributed by atoms with Crippen molar-refractivity contribution in [3.8, 4) is 0 Å². The zero-order valence-corrected chi connectivity index (χ0v) is 12.2. The minimum Gasteiger partial charge on any atom is -0.478 e. The van der Waals surface area contributed by atoms with Crippen LogP contribution in [0.4, 0.5) is 5.69 Å². The molecule has 0 spiro atoms. The zero-order chi connectivity index (χ0) is 15.0. The lowest BCUT2D eigenvalue weighted by atomic mass is 10.1. The van der Waals surface area contributed by atoms with Gasteiger partial charge in [0.15, 0.2) is 0 Å². The topological polar surface area (TPSA) is 82.2 Å². The highest BCUT2D eigenvalue weighted by molar-refractivity contribution is 8.01. The Morgan fingerprint density at radius 3 is 2.86 bits per heavy atom. The van der Waals surface area contributed by atoms with Gasteiger partial charge in [0, 0.05) is 16.8 Å². The summed E-state index contributed by atoms with van der Waals surface area (Å²) in [6, 6.07) is 7.91. The summed E-state index contributed by atoms with van der Waals surface area (Å²) in [7, 11) is 0. The summed E-state index contributed by atoms with van der Waals surface area (Å²) >= 11 is 1.51. The first kappa shape index (κ1) is 13.8. The summed E-state index contributed by atoms with van der Waals surface area (Å²) in [4.78, 5) is 27.5. The number of aromatic amines is 1. The largest absolute Gasteiger partial charge is 0.478 e. The number of fused-ring (bicyclic) bond motifs is 1. The fourth-order valence-corrected chi connectivity index (χ4v) is 3.64. The molecule has 0 saturated heterocycles. The quantitative estimate of drug-likeness (QED) is 0.814. The van der Waals surface area contributed by atoms with Crippen molar-refractivity contribution in [3.63, 3.8) is 0 Å². The maximum absolute atomic E-state index is 12.3. The lowest BCUT2D eigenvalue weighted by molar-refractivity contribution is -0.115.